The van der Waals surface area contributed by atoms with Gasteiger partial charge in [0.05, 0.1) is 20.6 Å². The number of quaternary nitrogens is 1. The Morgan fingerprint density at radius 2 is 1.85 bits per heavy atom. The molecule has 0 spiro atoms. The SMILES string of the molecule is CC=CC=C(C)[N+](C)(C)C=C(NCC(=O)CS(=O)(=O)CC(F)(F)F)C(=N)Cl. The van der Waals surface area contributed by atoms with Crippen molar-refractivity contribution in [2.75, 3.05) is 32.1 Å². The summed E-state index contributed by atoms with van der Waals surface area (Å²) in [6.45, 7) is 3.11. The van der Waals surface area contributed by atoms with Crippen LogP contribution in [0.3, 0.4) is 0 Å². The Hall–Kier alpha value is -1.65. The largest absolute Gasteiger partial charge is 0.402 e. The van der Waals surface area contributed by atoms with Crippen LogP contribution in [0.15, 0.2) is 35.8 Å². The van der Waals surface area contributed by atoms with Gasteiger partial charge in [0.25, 0.3) is 0 Å². The fourth-order valence-corrected chi connectivity index (χ4v) is 3.13. The van der Waals surface area contributed by atoms with Crippen molar-refractivity contribution in [2.45, 2.75) is 20.0 Å². The number of carbonyl (C=O) groups is 1. The van der Waals surface area contributed by atoms with Crippen molar-refractivity contribution in [3.05, 3.63) is 35.8 Å². The molecule has 0 amide bonds. The molecule has 0 fully saturated rings. The molecular formula is C16H24ClF3N3O3S+. The number of hydrogen-bond donors (Lipinski definition) is 2. The Balaban J connectivity index is 5.19. The highest BCUT2D eigenvalue weighted by Gasteiger charge is 2.36. The van der Waals surface area contributed by atoms with Crippen LogP contribution in [0.4, 0.5) is 13.2 Å². The fraction of sp³-hybridized carbons (Fsp3) is 0.500. The van der Waals surface area contributed by atoms with Crippen molar-refractivity contribution in [1.29, 1.82) is 5.41 Å². The van der Waals surface area contributed by atoms with Crippen molar-refractivity contribution >= 4 is 32.4 Å². The molecule has 0 rings (SSSR count). The number of sulfone groups is 1. The summed E-state index contributed by atoms with van der Waals surface area (Å²) in [6.07, 6.45) is 2.10. The van der Waals surface area contributed by atoms with Gasteiger partial charge in [-0.2, -0.15) is 13.2 Å². The summed E-state index contributed by atoms with van der Waals surface area (Å²) < 4.78 is 59.5. The van der Waals surface area contributed by atoms with Gasteiger partial charge in [-0.1, -0.05) is 23.8 Å². The maximum atomic E-state index is 12.2. The second kappa shape index (κ2) is 10.0. The smallest absolute Gasteiger partial charge is 0.371 e. The van der Waals surface area contributed by atoms with Crippen LogP contribution in [0.5, 0.6) is 0 Å². The Bertz CT molecular complexity index is 755. The third kappa shape index (κ3) is 10.9. The molecule has 2 N–H and O–H groups in total. The number of ketones is 1. The van der Waals surface area contributed by atoms with Gasteiger partial charge in [0.15, 0.2) is 15.6 Å². The van der Waals surface area contributed by atoms with Gasteiger partial charge in [0.1, 0.15) is 34.3 Å². The standard InChI is InChI=1S/C16H24ClF3N3O3S/c1-5-6-7-12(2)23(3,4)9-14(15(17)21)22-8-13(24)10-27(25,26)11-16(18,19)20/h5-7,9,21-22H,8,10-11H2,1-4H3/q+1. The van der Waals surface area contributed by atoms with E-state index in [1.54, 1.807) is 14.1 Å². The zero-order valence-electron chi connectivity index (χ0n) is 15.5. The first-order valence-corrected chi connectivity index (χ1v) is 9.93. The molecule has 0 aromatic rings. The van der Waals surface area contributed by atoms with Crippen LogP contribution < -0.4 is 5.32 Å². The number of alkyl halides is 3. The molecule has 0 saturated carbocycles. The lowest BCUT2D eigenvalue weighted by Crippen LogP contribution is -2.36. The summed E-state index contributed by atoms with van der Waals surface area (Å²) in [5.74, 6) is -4.27. The molecule has 0 bridgehead atoms. The first-order valence-electron chi connectivity index (χ1n) is 7.73. The van der Waals surface area contributed by atoms with Gasteiger partial charge < -0.3 is 5.32 Å². The van der Waals surface area contributed by atoms with E-state index in [0.717, 1.165) is 5.70 Å². The molecule has 0 unspecified atom stereocenters. The maximum absolute atomic E-state index is 12.2. The lowest BCUT2D eigenvalue weighted by molar-refractivity contribution is -0.798. The molecule has 11 heteroatoms. The minimum atomic E-state index is -4.91. The van der Waals surface area contributed by atoms with E-state index >= 15 is 0 Å². The Morgan fingerprint density at radius 3 is 2.30 bits per heavy atom. The van der Waals surface area contributed by atoms with E-state index in [-0.39, 0.29) is 10.2 Å². The third-order valence-electron chi connectivity index (χ3n) is 3.37. The first kappa shape index (κ1) is 25.4. The van der Waals surface area contributed by atoms with Crippen molar-refractivity contribution in [3.63, 3.8) is 0 Å². The first-order chi connectivity index (χ1) is 12.1. The summed E-state index contributed by atoms with van der Waals surface area (Å²) in [4.78, 5) is 11.7. The molecule has 0 heterocycles. The summed E-state index contributed by atoms with van der Waals surface area (Å²) >= 11 is 5.69. The van der Waals surface area contributed by atoms with Crippen molar-refractivity contribution in [2.24, 2.45) is 0 Å². The molecule has 27 heavy (non-hydrogen) atoms. The van der Waals surface area contributed by atoms with Crippen LogP contribution in [0.2, 0.25) is 0 Å². The highest BCUT2D eigenvalue weighted by Crippen LogP contribution is 2.18. The van der Waals surface area contributed by atoms with Crippen LogP contribution >= 0.6 is 11.6 Å². The minimum absolute atomic E-state index is 0.0523. The van der Waals surface area contributed by atoms with Crippen LogP contribution in [0.1, 0.15) is 13.8 Å². The topological polar surface area (TPSA) is 87.1 Å². The third-order valence-corrected chi connectivity index (χ3v) is 5.10. The monoisotopic (exact) mass is 430 g/mol. The summed E-state index contributed by atoms with van der Waals surface area (Å²) in [6, 6.07) is 0. The van der Waals surface area contributed by atoms with E-state index in [0.29, 0.717) is 0 Å². The summed E-state index contributed by atoms with van der Waals surface area (Å²) in [5.41, 5.74) is 0.917. The molecular weight excluding hydrogens is 407 g/mol. The number of hydrogen-bond acceptors (Lipinski definition) is 5. The highest BCUT2D eigenvalue weighted by molar-refractivity contribution is 7.92. The van der Waals surface area contributed by atoms with Gasteiger partial charge in [-0.25, -0.2) is 8.42 Å². The summed E-state index contributed by atoms with van der Waals surface area (Å²) in [5, 5.41) is 9.66. The van der Waals surface area contributed by atoms with Gasteiger partial charge >= 0.3 is 6.18 Å². The molecule has 0 aromatic carbocycles. The van der Waals surface area contributed by atoms with Gasteiger partial charge in [-0.05, 0) is 13.0 Å². The summed E-state index contributed by atoms with van der Waals surface area (Å²) in [7, 11) is -1.04. The zero-order chi connectivity index (χ0) is 21.5. The molecule has 0 radical (unpaired) electrons. The second-order valence-electron chi connectivity index (χ2n) is 6.27. The molecule has 0 atom stereocenters. The number of nitrogens with one attached hydrogen (secondary N) is 2. The lowest BCUT2D eigenvalue weighted by atomic mass is 10.3. The van der Waals surface area contributed by atoms with Gasteiger partial charge in [0.2, 0.25) is 0 Å². The maximum Gasteiger partial charge on any atom is 0.402 e. The predicted molar refractivity (Wildman–Crippen MR) is 100 cm³/mol. The Morgan fingerprint density at radius 1 is 1.30 bits per heavy atom. The van der Waals surface area contributed by atoms with Crippen molar-refractivity contribution in [1.82, 2.24) is 5.32 Å². The number of halogens is 4. The second-order valence-corrected chi connectivity index (χ2v) is 8.71. The fourth-order valence-electron chi connectivity index (χ4n) is 1.82. The average molecular weight is 431 g/mol. The van der Waals surface area contributed by atoms with Crippen molar-refractivity contribution < 1.29 is 30.9 Å². The molecule has 0 saturated heterocycles. The van der Waals surface area contributed by atoms with Crippen molar-refractivity contribution in [3.8, 4) is 0 Å². The number of Topliss-reactive ketones (excluding diaryl/α,β-unsaturated/α-hetero) is 1. The normalized spacial score (nSPS) is 14.5. The lowest BCUT2D eigenvalue weighted by Gasteiger charge is -2.26. The Labute approximate surface area is 162 Å². The van der Waals surface area contributed by atoms with E-state index < -0.39 is 45.0 Å². The molecule has 0 aliphatic heterocycles. The average Bonchev–Trinajstić information content (AvgIpc) is 2.45. The molecule has 0 aromatic heterocycles. The van der Waals surface area contributed by atoms with Gasteiger partial charge in [-0.15, -0.1) is 0 Å². The highest BCUT2D eigenvalue weighted by atomic mass is 35.5. The zero-order valence-corrected chi connectivity index (χ0v) is 17.1. The van der Waals surface area contributed by atoms with E-state index in [4.69, 9.17) is 17.0 Å². The molecule has 6 nitrogen and oxygen atoms in total. The number of carbonyl (C=O) groups excluding carboxylic acids is 1. The van der Waals surface area contributed by atoms with E-state index in [2.05, 4.69) is 5.32 Å². The van der Waals surface area contributed by atoms with E-state index in [1.165, 1.54) is 6.20 Å². The number of nitrogens with zero attached hydrogens (tertiary/aromatic N) is 1. The van der Waals surface area contributed by atoms with Crippen LogP contribution in [0, 0.1) is 5.41 Å². The molecule has 0 aliphatic rings. The predicted octanol–water partition coefficient (Wildman–Crippen LogP) is 2.74. The quantitative estimate of drug-likeness (QED) is 0.317. The van der Waals surface area contributed by atoms with Crippen LogP contribution in [-0.2, 0) is 14.6 Å². The minimum Gasteiger partial charge on any atom is -0.371 e. The van der Waals surface area contributed by atoms with E-state index in [1.807, 2.05) is 32.1 Å². The molecule has 154 valence electrons. The van der Waals surface area contributed by atoms with E-state index in [9.17, 15) is 26.4 Å². The molecule has 0 aliphatic carbocycles. The van der Waals surface area contributed by atoms with Gasteiger partial charge in [0, 0.05) is 6.92 Å². The number of allylic oxidation sites excluding steroid dienone is 5. The van der Waals surface area contributed by atoms with Crippen LogP contribution in [0.25, 0.3) is 0 Å². The van der Waals surface area contributed by atoms with Crippen LogP contribution in [-0.4, -0.2) is 62.2 Å². The Kier molecular flexibility index (Phi) is 9.43. The van der Waals surface area contributed by atoms with Gasteiger partial charge in [-0.3, -0.25) is 14.7 Å². The number of rotatable bonds is 10.